The van der Waals surface area contributed by atoms with Crippen molar-refractivity contribution >= 4 is 0 Å². The summed E-state index contributed by atoms with van der Waals surface area (Å²) >= 11 is 0. The Labute approximate surface area is 130 Å². The van der Waals surface area contributed by atoms with Crippen LogP contribution in [-0.2, 0) is 18.9 Å². The minimum absolute atomic E-state index is 0.0953. The monoisotopic (exact) mass is 300 g/mol. The maximum Gasteiger partial charge on any atom is 0.0700 e. The first-order valence-electron chi connectivity index (χ1n) is 7.77. The van der Waals surface area contributed by atoms with Crippen LogP contribution in [0.15, 0.2) is 25.3 Å². The largest absolute Gasteiger partial charge is 0.379 e. The van der Waals surface area contributed by atoms with Crippen LogP contribution in [0.1, 0.15) is 26.7 Å². The first-order valence-corrected chi connectivity index (χ1v) is 7.77. The molecule has 0 aliphatic carbocycles. The predicted molar refractivity (Wildman–Crippen MR) is 86.7 cm³/mol. The molecule has 0 rings (SSSR count). The highest BCUT2D eigenvalue weighted by Crippen LogP contribution is 2.29. The van der Waals surface area contributed by atoms with Crippen molar-refractivity contribution in [3.05, 3.63) is 25.3 Å². The average Bonchev–Trinajstić information content (AvgIpc) is 2.47. The Bertz CT molecular complexity index is 227. The fourth-order valence-corrected chi connectivity index (χ4v) is 2.07. The molecule has 0 bridgehead atoms. The molecule has 0 aliphatic rings. The summed E-state index contributed by atoms with van der Waals surface area (Å²) in [7, 11) is 0. The van der Waals surface area contributed by atoms with Gasteiger partial charge in [0.25, 0.3) is 0 Å². The Balaban J connectivity index is 4.23. The van der Waals surface area contributed by atoms with E-state index in [-0.39, 0.29) is 5.41 Å². The van der Waals surface area contributed by atoms with Crippen LogP contribution >= 0.6 is 0 Å². The zero-order valence-corrected chi connectivity index (χ0v) is 13.8. The van der Waals surface area contributed by atoms with Crippen LogP contribution in [-0.4, -0.2) is 52.9 Å². The standard InChI is InChI=1S/C17H32O4/c1-5-9-17(10-6-2,15-20-13-11-18-7-3)16-21-14-12-19-8-4/h5-6H,1-2,7-16H2,3-4H3. The van der Waals surface area contributed by atoms with Crippen LogP contribution in [0, 0.1) is 5.41 Å². The fourth-order valence-electron chi connectivity index (χ4n) is 2.07. The van der Waals surface area contributed by atoms with Gasteiger partial charge in [0.2, 0.25) is 0 Å². The summed E-state index contributed by atoms with van der Waals surface area (Å²) in [5.74, 6) is 0. The van der Waals surface area contributed by atoms with Gasteiger partial charge in [-0.05, 0) is 26.7 Å². The zero-order chi connectivity index (χ0) is 15.8. The van der Waals surface area contributed by atoms with E-state index in [9.17, 15) is 0 Å². The van der Waals surface area contributed by atoms with Gasteiger partial charge in [-0.25, -0.2) is 0 Å². The summed E-state index contributed by atoms with van der Waals surface area (Å²) in [6.07, 6.45) is 5.51. The van der Waals surface area contributed by atoms with Crippen LogP contribution in [0.25, 0.3) is 0 Å². The van der Waals surface area contributed by atoms with E-state index in [1.165, 1.54) is 0 Å². The maximum atomic E-state index is 5.75. The highest BCUT2D eigenvalue weighted by molar-refractivity contribution is 4.91. The molecule has 0 unspecified atom stereocenters. The molecule has 0 fully saturated rings. The number of allylic oxidation sites excluding steroid dienone is 2. The number of hydrogen-bond donors (Lipinski definition) is 0. The van der Waals surface area contributed by atoms with E-state index in [1.807, 2.05) is 26.0 Å². The Morgan fingerprint density at radius 1 is 0.714 bits per heavy atom. The molecule has 0 aromatic heterocycles. The Morgan fingerprint density at radius 3 is 1.43 bits per heavy atom. The first kappa shape index (κ1) is 20.3. The molecule has 124 valence electrons. The molecule has 0 aliphatic heterocycles. The van der Waals surface area contributed by atoms with E-state index in [1.54, 1.807) is 0 Å². The van der Waals surface area contributed by atoms with Gasteiger partial charge < -0.3 is 18.9 Å². The smallest absolute Gasteiger partial charge is 0.0700 e. The normalized spacial score (nSPS) is 11.5. The second kappa shape index (κ2) is 14.3. The maximum absolute atomic E-state index is 5.75. The third-order valence-corrected chi connectivity index (χ3v) is 3.12. The van der Waals surface area contributed by atoms with E-state index in [0.29, 0.717) is 52.9 Å². The lowest BCUT2D eigenvalue weighted by atomic mass is 9.82. The van der Waals surface area contributed by atoms with Crippen molar-refractivity contribution in [3.63, 3.8) is 0 Å². The van der Waals surface area contributed by atoms with Crippen LogP contribution in [0.4, 0.5) is 0 Å². The van der Waals surface area contributed by atoms with Gasteiger partial charge in [0.05, 0.1) is 39.6 Å². The van der Waals surface area contributed by atoms with Crippen molar-refractivity contribution < 1.29 is 18.9 Å². The van der Waals surface area contributed by atoms with Crippen LogP contribution in [0.3, 0.4) is 0 Å². The van der Waals surface area contributed by atoms with Crippen molar-refractivity contribution in [1.29, 1.82) is 0 Å². The van der Waals surface area contributed by atoms with E-state index < -0.39 is 0 Å². The number of ether oxygens (including phenoxy) is 4. The number of rotatable bonds is 16. The second-order valence-electron chi connectivity index (χ2n) is 4.98. The van der Waals surface area contributed by atoms with Gasteiger partial charge in [0, 0.05) is 18.6 Å². The minimum Gasteiger partial charge on any atom is -0.379 e. The summed E-state index contributed by atoms with van der Waals surface area (Å²) < 4.78 is 22.1. The van der Waals surface area contributed by atoms with E-state index in [0.717, 1.165) is 12.8 Å². The molecule has 0 aromatic carbocycles. The van der Waals surface area contributed by atoms with Gasteiger partial charge in [-0.1, -0.05) is 12.2 Å². The van der Waals surface area contributed by atoms with E-state index >= 15 is 0 Å². The minimum atomic E-state index is -0.0953. The van der Waals surface area contributed by atoms with Crippen molar-refractivity contribution in [2.75, 3.05) is 52.9 Å². The highest BCUT2D eigenvalue weighted by Gasteiger charge is 2.28. The van der Waals surface area contributed by atoms with Crippen molar-refractivity contribution in [1.82, 2.24) is 0 Å². The molecule has 0 spiro atoms. The van der Waals surface area contributed by atoms with Crippen molar-refractivity contribution in [2.24, 2.45) is 5.41 Å². The molecular weight excluding hydrogens is 268 g/mol. The van der Waals surface area contributed by atoms with Gasteiger partial charge in [-0.2, -0.15) is 0 Å². The quantitative estimate of drug-likeness (QED) is 0.324. The zero-order valence-electron chi connectivity index (χ0n) is 13.8. The molecule has 4 heteroatoms. The molecule has 0 aromatic rings. The highest BCUT2D eigenvalue weighted by atomic mass is 16.5. The molecule has 0 N–H and O–H groups in total. The Morgan fingerprint density at radius 2 is 1.10 bits per heavy atom. The SMILES string of the molecule is C=CCC(CC=C)(COCCOCC)COCCOCC. The van der Waals surface area contributed by atoms with Crippen molar-refractivity contribution in [3.8, 4) is 0 Å². The van der Waals surface area contributed by atoms with E-state index in [2.05, 4.69) is 13.2 Å². The summed E-state index contributed by atoms with van der Waals surface area (Å²) in [4.78, 5) is 0. The molecular formula is C17H32O4. The van der Waals surface area contributed by atoms with Crippen molar-refractivity contribution in [2.45, 2.75) is 26.7 Å². The molecule has 0 radical (unpaired) electrons. The van der Waals surface area contributed by atoms with Gasteiger partial charge >= 0.3 is 0 Å². The third-order valence-electron chi connectivity index (χ3n) is 3.12. The molecule has 0 saturated heterocycles. The Hall–Kier alpha value is -0.680. The lowest BCUT2D eigenvalue weighted by Gasteiger charge is -2.31. The third kappa shape index (κ3) is 10.7. The molecule has 0 saturated carbocycles. The summed E-state index contributed by atoms with van der Waals surface area (Å²) in [6.45, 7) is 16.8. The van der Waals surface area contributed by atoms with Gasteiger partial charge in [-0.15, -0.1) is 13.2 Å². The number of hydrogen-bond acceptors (Lipinski definition) is 4. The summed E-state index contributed by atoms with van der Waals surface area (Å²) in [5, 5.41) is 0. The predicted octanol–water partition coefficient (Wildman–Crippen LogP) is 3.23. The van der Waals surface area contributed by atoms with Crippen LogP contribution in [0.5, 0.6) is 0 Å². The summed E-state index contributed by atoms with van der Waals surface area (Å²) in [5.41, 5.74) is -0.0953. The van der Waals surface area contributed by atoms with Gasteiger partial charge in [0.1, 0.15) is 0 Å². The lowest BCUT2D eigenvalue weighted by molar-refractivity contribution is -0.0437. The molecule has 0 amide bonds. The van der Waals surface area contributed by atoms with Crippen LogP contribution < -0.4 is 0 Å². The molecule has 0 atom stereocenters. The lowest BCUT2D eigenvalue weighted by Crippen LogP contribution is -2.33. The molecule has 0 heterocycles. The summed E-state index contributed by atoms with van der Waals surface area (Å²) in [6, 6.07) is 0. The van der Waals surface area contributed by atoms with E-state index in [4.69, 9.17) is 18.9 Å². The average molecular weight is 300 g/mol. The topological polar surface area (TPSA) is 36.9 Å². The second-order valence-corrected chi connectivity index (χ2v) is 4.98. The van der Waals surface area contributed by atoms with Crippen LogP contribution in [0.2, 0.25) is 0 Å². The molecule has 21 heavy (non-hydrogen) atoms. The molecule has 4 nitrogen and oxygen atoms in total. The van der Waals surface area contributed by atoms with Gasteiger partial charge in [-0.3, -0.25) is 0 Å². The Kier molecular flexibility index (Phi) is 13.8. The fraction of sp³-hybridized carbons (Fsp3) is 0.765. The van der Waals surface area contributed by atoms with Gasteiger partial charge in [0.15, 0.2) is 0 Å². The first-order chi connectivity index (χ1) is 10.2.